The lowest BCUT2D eigenvalue weighted by Gasteiger charge is -2.09. The quantitative estimate of drug-likeness (QED) is 0.813. The molecule has 0 fully saturated rings. The largest absolute Gasteiger partial charge is 0.496 e. The SMILES string of the molecule is CC=Cc1cc(-c2[nH]c(=O)c(C#N)cc2I)ccc1OC. The molecular formula is C16H13IN2O2. The first-order chi connectivity index (χ1) is 10.1. The number of aromatic nitrogens is 1. The summed E-state index contributed by atoms with van der Waals surface area (Å²) in [7, 11) is 1.62. The first-order valence-electron chi connectivity index (χ1n) is 6.24. The van der Waals surface area contributed by atoms with Crippen LogP contribution in [-0.4, -0.2) is 12.1 Å². The fraction of sp³-hybridized carbons (Fsp3) is 0.125. The Morgan fingerprint density at radius 3 is 2.76 bits per heavy atom. The van der Waals surface area contributed by atoms with Crippen molar-refractivity contribution < 1.29 is 4.74 Å². The van der Waals surface area contributed by atoms with Gasteiger partial charge in [-0.3, -0.25) is 4.79 Å². The number of nitrogens with zero attached hydrogens (tertiary/aromatic N) is 1. The molecule has 0 aliphatic heterocycles. The lowest BCUT2D eigenvalue weighted by Crippen LogP contribution is -2.12. The highest BCUT2D eigenvalue weighted by Crippen LogP contribution is 2.28. The number of rotatable bonds is 3. The van der Waals surface area contributed by atoms with E-state index in [0.29, 0.717) is 5.69 Å². The van der Waals surface area contributed by atoms with Crippen molar-refractivity contribution in [1.82, 2.24) is 4.98 Å². The summed E-state index contributed by atoms with van der Waals surface area (Å²) in [6.07, 6.45) is 3.87. The maximum atomic E-state index is 11.8. The monoisotopic (exact) mass is 392 g/mol. The van der Waals surface area contributed by atoms with Crippen molar-refractivity contribution in [3.63, 3.8) is 0 Å². The molecule has 2 aromatic rings. The van der Waals surface area contributed by atoms with Crippen LogP contribution in [0.2, 0.25) is 0 Å². The number of halogens is 1. The summed E-state index contributed by atoms with van der Waals surface area (Å²) in [6, 6.07) is 9.16. The van der Waals surface area contributed by atoms with Crippen molar-refractivity contribution in [3.8, 4) is 23.1 Å². The molecule has 0 aliphatic carbocycles. The van der Waals surface area contributed by atoms with Crippen LogP contribution in [0.4, 0.5) is 0 Å². The number of hydrogen-bond acceptors (Lipinski definition) is 3. The zero-order valence-corrected chi connectivity index (χ0v) is 13.8. The van der Waals surface area contributed by atoms with E-state index in [0.717, 1.165) is 20.4 Å². The Morgan fingerprint density at radius 2 is 2.14 bits per heavy atom. The van der Waals surface area contributed by atoms with Gasteiger partial charge in [0.1, 0.15) is 17.4 Å². The summed E-state index contributed by atoms with van der Waals surface area (Å²) in [5.74, 6) is 0.767. The predicted molar refractivity (Wildman–Crippen MR) is 91.2 cm³/mol. The summed E-state index contributed by atoms with van der Waals surface area (Å²) >= 11 is 2.11. The number of methoxy groups -OCH3 is 1. The molecule has 4 nitrogen and oxygen atoms in total. The van der Waals surface area contributed by atoms with Crippen molar-refractivity contribution in [2.45, 2.75) is 6.92 Å². The van der Waals surface area contributed by atoms with E-state index in [-0.39, 0.29) is 11.1 Å². The van der Waals surface area contributed by atoms with E-state index in [9.17, 15) is 4.79 Å². The maximum Gasteiger partial charge on any atom is 0.266 e. The minimum Gasteiger partial charge on any atom is -0.496 e. The lowest BCUT2D eigenvalue weighted by atomic mass is 10.1. The van der Waals surface area contributed by atoms with Gasteiger partial charge in [-0.1, -0.05) is 12.2 Å². The van der Waals surface area contributed by atoms with E-state index >= 15 is 0 Å². The highest BCUT2D eigenvalue weighted by atomic mass is 127. The smallest absolute Gasteiger partial charge is 0.266 e. The van der Waals surface area contributed by atoms with Crippen molar-refractivity contribution in [2.24, 2.45) is 0 Å². The first kappa shape index (κ1) is 15.3. The minimum atomic E-state index is -0.378. The van der Waals surface area contributed by atoms with Crippen LogP contribution >= 0.6 is 22.6 Å². The Balaban J connectivity index is 2.63. The van der Waals surface area contributed by atoms with Gasteiger partial charge in [-0.05, 0) is 59.3 Å². The van der Waals surface area contributed by atoms with Gasteiger partial charge in [-0.2, -0.15) is 5.26 Å². The Morgan fingerprint density at radius 1 is 1.38 bits per heavy atom. The third-order valence-electron chi connectivity index (χ3n) is 2.98. The van der Waals surface area contributed by atoms with E-state index in [4.69, 9.17) is 10.00 Å². The van der Waals surface area contributed by atoms with Gasteiger partial charge in [0.05, 0.1) is 12.8 Å². The first-order valence-corrected chi connectivity index (χ1v) is 7.32. The standard InChI is InChI=1S/C16H13IN2O2/c1-3-4-10-7-11(5-6-14(10)21-2)15-13(17)8-12(9-18)16(20)19-15/h3-8H,1-2H3,(H,19,20). The van der Waals surface area contributed by atoms with Crippen molar-refractivity contribution in [1.29, 1.82) is 5.26 Å². The van der Waals surface area contributed by atoms with Gasteiger partial charge in [0.25, 0.3) is 5.56 Å². The molecule has 21 heavy (non-hydrogen) atoms. The topological polar surface area (TPSA) is 65.9 Å². The summed E-state index contributed by atoms with van der Waals surface area (Å²) in [5, 5.41) is 8.89. The molecule has 1 aromatic heterocycles. The van der Waals surface area contributed by atoms with Crippen molar-refractivity contribution in [3.05, 3.63) is 55.4 Å². The van der Waals surface area contributed by atoms with Gasteiger partial charge in [0.15, 0.2) is 0 Å². The number of aromatic amines is 1. The minimum absolute atomic E-state index is 0.116. The van der Waals surface area contributed by atoms with Gasteiger partial charge in [0, 0.05) is 9.13 Å². The summed E-state index contributed by atoms with van der Waals surface area (Å²) in [5.41, 5.74) is 2.24. The van der Waals surface area contributed by atoms with Crippen LogP contribution in [0.3, 0.4) is 0 Å². The molecule has 0 spiro atoms. The number of nitriles is 1. The van der Waals surface area contributed by atoms with Gasteiger partial charge in [0.2, 0.25) is 0 Å². The fourth-order valence-electron chi connectivity index (χ4n) is 2.00. The second-order valence-electron chi connectivity index (χ2n) is 4.30. The zero-order chi connectivity index (χ0) is 15.4. The summed E-state index contributed by atoms with van der Waals surface area (Å²) in [4.78, 5) is 14.6. The fourth-order valence-corrected chi connectivity index (χ4v) is 2.76. The highest BCUT2D eigenvalue weighted by molar-refractivity contribution is 14.1. The van der Waals surface area contributed by atoms with Gasteiger partial charge in [-0.25, -0.2) is 0 Å². The van der Waals surface area contributed by atoms with Gasteiger partial charge >= 0.3 is 0 Å². The molecule has 5 heteroatoms. The van der Waals surface area contributed by atoms with Crippen LogP contribution in [0.5, 0.6) is 5.75 Å². The number of allylic oxidation sites excluding steroid dienone is 1. The van der Waals surface area contributed by atoms with Crippen LogP contribution in [0, 0.1) is 14.9 Å². The second kappa shape index (κ2) is 6.59. The number of pyridine rings is 1. The number of nitrogens with one attached hydrogen (secondary N) is 1. The second-order valence-corrected chi connectivity index (χ2v) is 5.47. The molecule has 2 rings (SSSR count). The van der Waals surface area contributed by atoms with Crippen LogP contribution in [0.25, 0.3) is 17.3 Å². The molecule has 0 bridgehead atoms. The molecule has 106 valence electrons. The summed E-state index contributed by atoms with van der Waals surface area (Å²) < 4.78 is 6.13. The Bertz CT molecular complexity index is 801. The number of benzene rings is 1. The number of H-pyrrole nitrogens is 1. The molecule has 1 heterocycles. The molecule has 1 N–H and O–H groups in total. The molecule has 0 radical (unpaired) electrons. The van der Waals surface area contributed by atoms with Crippen molar-refractivity contribution in [2.75, 3.05) is 7.11 Å². The van der Waals surface area contributed by atoms with Gasteiger partial charge in [-0.15, -0.1) is 0 Å². The Labute approximate surface area is 136 Å². The zero-order valence-electron chi connectivity index (χ0n) is 11.6. The van der Waals surface area contributed by atoms with Crippen molar-refractivity contribution >= 4 is 28.7 Å². The van der Waals surface area contributed by atoms with E-state index in [1.807, 2.05) is 43.3 Å². The van der Waals surface area contributed by atoms with E-state index in [1.165, 1.54) is 0 Å². The molecule has 0 saturated heterocycles. The van der Waals surface area contributed by atoms with Crippen LogP contribution in [-0.2, 0) is 0 Å². The summed E-state index contributed by atoms with van der Waals surface area (Å²) in [6.45, 7) is 1.93. The van der Waals surface area contributed by atoms with Crippen LogP contribution in [0.15, 0.2) is 35.1 Å². The molecule has 0 unspecified atom stereocenters. The molecule has 0 atom stereocenters. The molecule has 0 amide bonds. The van der Waals surface area contributed by atoms with E-state index in [1.54, 1.807) is 13.2 Å². The van der Waals surface area contributed by atoms with Crippen LogP contribution < -0.4 is 10.3 Å². The lowest BCUT2D eigenvalue weighted by molar-refractivity contribution is 0.414. The normalized spacial score (nSPS) is 10.6. The van der Waals surface area contributed by atoms with E-state index < -0.39 is 0 Å². The Kier molecular flexibility index (Phi) is 4.81. The molecule has 0 saturated carbocycles. The van der Waals surface area contributed by atoms with Crippen LogP contribution in [0.1, 0.15) is 18.1 Å². The highest BCUT2D eigenvalue weighted by Gasteiger charge is 2.10. The molecular weight excluding hydrogens is 379 g/mol. The Hall–Kier alpha value is -2.07. The van der Waals surface area contributed by atoms with E-state index in [2.05, 4.69) is 27.6 Å². The predicted octanol–water partition coefficient (Wildman–Crippen LogP) is 3.56. The average molecular weight is 392 g/mol. The molecule has 0 aliphatic rings. The number of hydrogen-bond donors (Lipinski definition) is 1. The third-order valence-corrected chi connectivity index (χ3v) is 3.83. The average Bonchev–Trinajstić information content (AvgIpc) is 2.49. The van der Waals surface area contributed by atoms with Gasteiger partial charge < -0.3 is 9.72 Å². The number of ether oxygens (including phenoxy) is 1. The molecule has 1 aromatic carbocycles. The third kappa shape index (κ3) is 3.16. The maximum absolute atomic E-state index is 11.8.